The van der Waals surface area contributed by atoms with E-state index in [1.54, 1.807) is 10.9 Å². The summed E-state index contributed by atoms with van der Waals surface area (Å²) in [6.45, 7) is 3.65. The molecule has 0 atom stereocenters. The van der Waals surface area contributed by atoms with Gasteiger partial charge < -0.3 is 11.1 Å². The fourth-order valence-electron chi connectivity index (χ4n) is 1.67. The molecule has 0 bridgehead atoms. The van der Waals surface area contributed by atoms with Crippen molar-refractivity contribution in [1.29, 1.82) is 0 Å². The number of primary amides is 1. The van der Waals surface area contributed by atoms with E-state index in [1.807, 2.05) is 25.1 Å². The number of carbonyl (C=O) groups excluding carboxylic acids is 1. The Morgan fingerprint density at radius 3 is 2.89 bits per heavy atom. The summed E-state index contributed by atoms with van der Waals surface area (Å²) in [5.74, 6) is -0.499. The second-order valence-electron chi connectivity index (χ2n) is 4.09. The second-order valence-corrected chi connectivity index (χ2v) is 4.50. The Labute approximate surface area is 116 Å². The Kier molecular flexibility index (Phi) is 4.19. The topological polar surface area (TPSA) is 72.9 Å². The van der Waals surface area contributed by atoms with Crippen molar-refractivity contribution in [3.05, 3.63) is 46.7 Å². The third kappa shape index (κ3) is 3.13. The van der Waals surface area contributed by atoms with Crippen molar-refractivity contribution in [3.63, 3.8) is 0 Å². The van der Waals surface area contributed by atoms with Crippen LogP contribution in [0.5, 0.6) is 0 Å². The highest BCUT2D eigenvalue weighted by atomic mass is 35.5. The van der Waals surface area contributed by atoms with Crippen LogP contribution in [0.25, 0.3) is 5.69 Å². The van der Waals surface area contributed by atoms with Crippen molar-refractivity contribution >= 4 is 17.5 Å². The average molecular weight is 279 g/mol. The Morgan fingerprint density at radius 1 is 1.53 bits per heavy atom. The van der Waals surface area contributed by atoms with Crippen LogP contribution in [0.2, 0.25) is 5.02 Å². The fraction of sp³-hybridized carbons (Fsp3) is 0.231. The molecule has 0 aliphatic heterocycles. The number of benzene rings is 1. The zero-order valence-electron chi connectivity index (χ0n) is 10.6. The first-order valence-electron chi connectivity index (χ1n) is 5.95. The van der Waals surface area contributed by atoms with E-state index in [0.29, 0.717) is 10.6 Å². The molecule has 100 valence electrons. The summed E-state index contributed by atoms with van der Waals surface area (Å²) in [4.78, 5) is 11.0. The molecule has 0 saturated heterocycles. The van der Waals surface area contributed by atoms with E-state index in [-0.39, 0.29) is 0 Å². The molecule has 1 heterocycles. The van der Waals surface area contributed by atoms with E-state index in [0.717, 1.165) is 24.3 Å². The minimum atomic E-state index is -0.499. The van der Waals surface area contributed by atoms with Crippen LogP contribution in [0, 0.1) is 0 Å². The highest BCUT2D eigenvalue weighted by Gasteiger charge is 2.07. The highest BCUT2D eigenvalue weighted by molar-refractivity contribution is 6.31. The Hall–Kier alpha value is -1.85. The highest BCUT2D eigenvalue weighted by Crippen LogP contribution is 2.20. The summed E-state index contributed by atoms with van der Waals surface area (Å²) < 4.78 is 1.57. The van der Waals surface area contributed by atoms with E-state index < -0.39 is 5.91 Å². The van der Waals surface area contributed by atoms with Gasteiger partial charge in [-0.25, -0.2) is 4.68 Å². The zero-order valence-corrected chi connectivity index (χ0v) is 11.3. The van der Waals surface area contributed by atoms with Gasteiger partial charge in [-0.05, 0) is 24.2 Å². The Balaban J connectivity index is 2.25. The molecule has 0 saturated carbocycles. The maximum atomic E-state index is 11.0. The number of rotatable bonds is 5. The van der Waals surface area contributed by atoms with Crippen molar-refractivity contribution in [2.24, 2.45) is 5.73 Å². The summed E-state index contributed by atoms with van der Waals surface area (Å²) in [6, 6.07) is 5.65. The van der Waals surface area contributed by atoms with Crippen LogP contribution in [0.1, 0.15) is 22.8 Å². The molecule has 1 aromatic heterocycles. The molecule has 19 heavy (non-hydrogen) atoms. The quantitative estimate of drug-likeness (QED) is 0.875. The maximum Gasteiger partial charge on any atom is 0.251 e. The van der Waals surface area contributed by atoms with Gasteiger partial charge in [0, 0.05) is 17.8 Å². The van der Waals surface area contributed by atoms with Crippen molar-refractivity contribution < 1.29 is 4.79 Å². The second kappa shape index (κ2) is 5.86. The number of hydrogen-bond donors (Lipinski definition) is 2. The maximum absolute atomic E-state index is 11.0. The van der Waals surface area contributed by atoms with Gasteiger partial charge in [0.1, 0.15) is 0 Å². The van der Waals surface area contributed by atoms with Crippen LogP contribution in [0.15, 0.2) is 30.6 Å². The standard InChI is InChI=1S/C13H15ClN4O/c1-2-16-6-9-3-4-11(5-12(9)14)18-8-10(7-17-18)13(15)19/h3-5,7-8,16H,2,6H2,1H3,(H2,15,19). The minimum absolute atomic E-state index is 0.368. The van der Waals surface area contributed by atoms with E-state index in [4.69, 9.17) is 17.3 Å². The van der Waals surface area contributed by atoms with Crippen molar-refractivity contribution in [2.45, 2.75) is 13.5 Å². The number of hydrogen-bond acceptors (Lipinski definition) is 3. The minimum Gasteiger partial charge on any atom is -0.366 e. The number of carbonyl (C=O) groups is 1. The molecule has 5 nitrogen and oxygen atoms in total. The van der Waals surface area contributed by atoms with E-state index in [9.17, 15) is 4.79 Å². The van der Waals surface area contributed by atoms with Crippen molar-refractivity contribution in [3.8, 4) is 5.69 Å². The predicted molar refractivity (Wildman–Crippen MR) is 74.5 cm³/mol. The molecular formula is C13H15ClN4O. The zero-order chi connectivity index (χ0) is 13.8. The first-order chi connectivity index (χ1) is 9.11. The summed E-state index contributed by atoms with van der Waals surface area (Å²) in [5.41, 5.74) is 7.37. The van der Waals surface area contributed by atoms with Crippen LogP contribution in [0.4, 0.5) is 0 Å². The number of halogens is 1. The molecule has 6 heteroatoms. The van der Waals surface area contributed by atoms with Gasteiger partial charge in [-0.15, -0.1) is 0 Å². The molecule has 0 aliphatic rings. The number of nitrogens with one attached hydrogen (secondary N) is 1. The molecular weight excluding hydrogens is 264 g/mol. The van der Waals surface area contributed by atoms with Gasteiger partial charge >= 0.3 is 0 Å². The van der Waals surface area contributed by atoms with Crippen LogP contribution < -0.4 is 11.1 Å². The summed E-state index contributed by atoms with van der Waals surface area (Å²) in [6.07, 6.45) is 3.01. The Morgan fingerprint density at radius 2 is 2.32 bits per heavy atom. The van der Waals surface area contributed by atoms with E-state index in [1.165, 1.54) is 6.20 Å². The molecule has 0 aliphatic carbocycles. The SMILES string of the molecule is CCNCc1ccc(-n2cc(C(N)=O)cn2)cc1Cl. The van der Waals surface area contributed by atoms with Gasteiger partial charge in [0.25, 0.3) is 5.91 Å². The lowest BCUT2D eigenvalue weighted by molar-refractivity contribution is 0.100. The van der Waals surface area contributed by atoms with Crippen LogP contribution >= 0.6 is 11.6 Å². The lowest BCUT2D eigenvalue weighted by Crippen LogP contribution is -2.12. The van der Waals surface area contributed by atoms with Crippen LogP contribution in [-0.4, -0.2) is 22.2 Å². The number of nitrogens with zero attached hydrogens (tertiary/aromatic N) is 2. The first kappa shape index (κ1) is 13.6. The molecule has 1 amide bonds. The summed E-state index contributed by atoms with van der Waals surface area (Å²) in [7, 11) is 0. The molecule has 2 rings (SSSR count). The third-order valence-electron chi connectivity index (χ3n) is 2.73. The van der Waals surface area contributed by atoms with Gasteiger partial charge in [-0.2, -0.15) is 5.10 Å². The number of nitrogens with two attached hydrogens (primary N) is 1. The van der Waals surface area contributed by atoms with Gasteiger partial charge in [0.2, 0.25) is 0 Å². The van der Waals surface area contributed by atoms with Crippen molar-refractivity contribution in [2.75, 3.05) is 6.54 Å². The summed E-state index contributed by atoms with van der Waals surface area (Å²) in [5, 5.41) is 7.96. The normalized spacial score (nSPS) is 10.6. The van der Waals surface area contributed by atoms with Crippen LogP contribution in [-0.2, 0) is 6.54 Å². The summed E-state index contributed by atoms with van der Waals surface area (Å²) >= 11 is 6.21. The van der Waals surface area contributed by atoms with Gasteiger partial charge in [-0.1, -0.05) is 24.6 Å². The predicted octanol–water partition coefficient (Wildman–Crippen LogP) is 1.73. The molecule has 1 aromatic carbocycles. The number of amides is 1. The smallest absolute Gasteiger partial charge is 0.251 e. The fourth-order valence-corrected chi connectivity index (χ4v) is 1.91. The van der Waals surface area contributed by atoms with Crippen LogP contribution in [0.3, 0.4) is 0 Å². The monoisotopic (exact) mass is 278 g/mol. The molecule has 2 aromatic rings. The number of aromatic nitrogens is 2. The third-order valence-corrected chi connectivity index (χ3v) is 3.09. The lowest BCUT2D eigenvalue weighted by Gasteiger charge is -2.07. The molecule has 0 radical (unpaired) electrons. The van der Waals surface area contributed by atoms with Gasteiger partial charge in [0.05, 0.1) is 17.4 Å². The first-order valence-corrected chi connectivity index (χ1v) is 6.33. The van der Waals surface area contributed by atoms with Crippen molar-refractivity contribution in [1.82, 2.24) is 15.1 Å². The largest absolute Gasteiger partial charge is 0.366 e. The average Bonchev–Trinajstić information content (AvgIpc) is 2.87. The molecule has 0 unspecified atom stereocenters. The molecule has 3 N–H and O–H groups in total. The molecule has 0 fully saturated rings. The molecule has 0 spiro atoms. The lowest BCUT2D eigenvalue weighted by atomic mass is 10.2. The van der Waals surface area contributed by atoms with E-state index >= 15 is 0 Å². The van der Waals surface area contributed by atoms with Gasteiger partial charge in [0.15, 0.2) is 0 Å². The Bertz CT molecular complexity index is 594. The van der Waals surface area contributed by atoms with E-state index in [2.05, 4.69) is 10.4 Å². The van der Waals surface area contributed by atoms with Gasteiger partial charge in [-0.3, -0.25) is 4.79 Å².